The Morgan fingerprint density at radius 1 is 0.862 bits per heavy atom. The summed E-state index contributed by atoms with van der Waals surface area (Å²) in [6, 6.07) is 5.14. The molecule has 0 saturated heterocycles. The molecule has 2 aromatic carbocycles. The van der Waals surface area contributed by atoms with E-state index in [1.54, 1.807) is 0 Å². The van der Waals surface area contributed by atoms with Crippen molar-refractivity contribution in [3.63, 3.8) is 0 Å². The first-order valence-corrected chi connectivity index (χ1v) is 11.3. The number of rotatable bonds is 7. The van der Waals surface area contributed by atoms with E-state index >= 15 is 0 Å². The maximum atomic E-state index is 12.1. The van der Waals surface area contributed by atoms with Gasteiger partial charge < -0.3 is 16.0 Å². The predicted octanol–water partition coefficient (Wildman–Crippen LogP) is 1.17. The third-order valence-electron chi connectivity index (χ3n) is 3.53. The molecule has 0 aliphatic rings. The molecule has 0 fully saturated rings. The van der Waals surface area contributed by atoms with Crippen molar-refractivity contribution >= 4 is 54.1 Å². The summed E-state index contributed by atoms with van der Waals surface area (Å²) in [7, 11) is -6.68. The van der Waals surface area contributed by atoms with Crippen molar-refractivity contribution < 1.29 is 34.0 Å². The second-order valence-electron chi connectivity index (χ2n) is 5.25. The minimum Gasteiger partial charge on any atom is -0.768 e. The van der Waals surface area contributed by atoms with Crippen molar-refractivity contribution in [3.8, 4) is 0 Å². The molecule has 0 amide bonds. The van der Waals surface area contributed by atoms with E-state index in [-0.39, 0.29) is 27.6 Å². The van der Waals surface area contributed by atoms with Crippen LogP contribution in [0.4, 0.5) is 22.7 Å². The van der Waals surface area contributed by atoms with Gasteiger partial charge in [-0.2, -0.15) is 16.8 Å². The van der Waals surface area contributed by atoms with Crippen molar-refractivity contribution in [2.75, 3.05) is 25.7 Å². The van der Waals surface area contributed by atoms with Crippen LogP contribution in [0.1, 0.15) is 0 Å². The molecule has 0 heterocycles. The minimum absolute atomic E-state index is 0.0465. The van der Waals surface area contributed by atoms with E-state index in [4.69, 9.17) is 11.5 Å². The summed E-state index contributed by atoms with van der Waals surface area (Å²) >= 11 is -2.70. The lowest BCUT2D eigenvalue weighted by Crippen LogP contribution is -2.07. The number of nitrogens with two attached hydrogens (primary N) is 2. The summed E-state index contributed by atoms with van der Waals surface area (Å²) < 4.78 is 79.0. The van der Waals surface area contributed by atoms with Crippen LogP contribution in [0.2, 0.25) is 0 Å². The van der Waals surface area contributed by atoms with Crippen LogP contribution < -0.4 is 11.5 Å². The molecular weight excluding hydrogens is 448 g/mol. The Balaban J connectivity index is 2.63. The molecule has 0 spiro atoms. The molecule has 4 N–H and O–H groups in total. The van der Waals surface area contributed by atoms with Crippen molar-refractivity contribution in [2.24, 2.45) is 10.2 Å². The van der Waals surface area contributed by atoms with Gasteiger partial charge in [-0.3, -0.25) is 12.6 Å². The summed E-state index contributed by atoms with van der Waals surface area (Å²) in [6.45, 7) is 0. The summed E-state index contributed by atoms with van der Waals surface area (Å²) in [5.74, 6) is 0. The van der Waals surface area contributed by atoms with E-state index in [0.29, 0.717) is 0 Å². The van der Waals surface area contributed by atoms with Crippen LogP contribution in [-0.2, 0) is 39.7 Å². The monoisotopic (exact) mass is 463 g/mol. The maximum absolute atomic E-state index is 12.1. The van der Waals surface area contributed by atoms with Gasteiger partial charge in [0.2, 0.25) is 0 Å². The Morgan fingerprint density at radius 2 is 1.41 bits per heavy atom. The molecule has 158 valence electrons. The zero-order chi connectivity index (χ0) is 22.0. The van der Waals surface area contributed by atoms with Gasteiger partial charge in [0, 0.05) is 4.90 Å². The normalized spacial score (nSPS) is 13.6. The van der Waals surface area contributed by atoms with Gasteiger partial charge in [-0.1, -0.05) is 0 Å². The molecule has 1 atom stereocenters. The molecule has 12 nitrogen and oxygen atoms in total. The third kappa shape index (κ3) is 4.95. The van der Waals surface area contributed by atoms with Gasteiger partial charge >= 0.3 is 0 Å². The van der Waals surface area contributed by atoms with Gasteiger partial charge in [0.05, 0.1) is 25.6 Å². The maximum Gasteiger partial charge on any atom is 0.298 e. The second-order valence-corrected chi connectivity index (χ2v) is 9.56. The standard InChI is InChI=1S/C14H16N4O8S3/c1-25-28(21,22)13-7-12(9(15)6-10(13)16)18-17-11-4-3-8(27(19)20)5-14(11)29(23,24)26-2/h3-7H,15-16H2,1-2H3,(H,19,20)/p-1. The average Bonchev–Trinajstić information content (AvgIpc) is 2.66. The summed E-state index contributed by atoms with van der Waals surface area (Å²) in [5.41, 5.74) is 10.7. The second kappa shape index (κ2) is 8.52. The molecule has 0 bridgehead atoms. The summed E-state index contributed by atoms with van der Waals surface area (Å²) in [4.78, 5) is -1.30. The number of hydrogen-bond acceptors (Lipinski definition) is 12. The zero-order valence-corrected chi connectivity index (χ0v) is 17.4. The zero-order valence-electron chi connectivity index (χ0n) is 14.9. The van der Waals surface area contributed by atoms with E-state index in [9.17, 15) is 25.6 Å². The molecular formula is C14H15N4O8S3-. The van der Waals surface area contributed by atoms with Crippen LogP contribution in [0.15, 0.2) is 55.2 Å². The molecule has 0 aromatic heterocycles. The largest absolute Gasteiger partial charge is 0.768 e. The van der Waals surface area contributed by atoms with Crippen LogP contribution in [0.25, 0.3) is 0 Å². The fourth-order valence-corrected chi connectivity index (χ4v) is 4.14. The number of nitrogens with zero attached hydrogens (tertiary/aromatic N) is 2. The van der Waals surface area contributed by atoms with Gasteiger partial charge in [-0.25, -0.2) is 0 Å². The molecule has 1 unspecified atom stereocenters. The summed E-state index contributed by atoms with van der Waals surface area (Å²) in [5, 5.41) is 7.50. The van der Waals surface area contributed by atoms with Crippen molar-refractivity contribution in [2.45, 2.75) is 14.7 Å². The van der Waals surface area contributed by atoms with E-state index in [1.807, 2.05) is 0 Å². The highest BCUT2D eigenvalue weighted by atomic mass is 32.2. The first kappa shape index (κ1) is 22.9. The fourth-order valence-electron chi connectivity index (χ4n) is 2.07. The van der Waals surface area contributed by atoms with Crippen LogP contribution in [0, 0.1) is 0 Å². The van der Waals surface area contributed by atoms with Crippen molar-refractivity contribution in [1.82, 2.24) is 0 Å². The lowest BCUT2D eigenvalue weighted by molar-refractivity contribution is 0.397. The lowest BCUT2D eigenvalue weighted by atomic mass is 10.2. The smallest absolute Gasteiger partial charge is 0.298 e. The van der Waals surface area contributed by atoms with Crippen LogP contribution >= 0.6 is 0 Å². The van der Waals surface area contributed by atoms with E-state index < -0.39 is 41.1 Å². The highest BCUT2D eigenvalue weighted by molar-refractivity contribution is 7.87. The Hall–Kier alpha value is -2.43. The van der Waals surface area contributed by atoms with Crippen molar-refractivity contribution in [1.29, 1.82) is 0 Å². The molecule has 0 radical (unpaired) electrons. The van der Waals surface area contributed by atoms with Gasteiger partial charge in [-0.05, 0) is 41.4 Å². The average molecular weight is 463 g/mol. The number of nitrogen functional groups attached to an aromatic ring is 2. The van der Waals surface area contributed by atoms with Crippen LogP contribution in [-0.4, -0.2) is 39.8 Å². The minimum atomic E-state index is -4.34. The first-order valence-electron chi connectivity index (χ1n) is 7.38. The van der Waals surface area contributed by atoms with Crippen molar-refractivity contribution in [3.05, 3.63) is 30.3 Å². The van der Waals surface area contributed by atoms with Gasteiger partial charge in [0.15, 0.2) is 0 Å². The SMILES string of the molecule is COS(=O)(=O)c1cc(N=Nc2ccc(S(=O)[O-])cc2S(=O)(=O)OC)c(N)cc1N. The molecule has 2 rings (SSSR count). The Morgan fingerprint density at radius 3 is 1.97 bits per heavy atom. The number of azo groups is 1. The first-order chi connectivity index (χ1) is 13.4. The van der Waals surface area contributed by atoms with Crippen LogP contribution in [0.5, 0.6) is 0 Å². The Bertz CT molecular complexity index is 1210. The molecule has 0 aliphatic carbocycles. The molecule has 0 aliphatic heterocycles. The highest BCUT2D eigenvalue weighted by Gasteiger charge is 2.21. The fraction of sp³-hybridized carbons (Fsp3) is 0.143. The molecule has 15 heteroatoms. The predicted molar refractivity (Wildman–Crippen MR) is 101 cm³/mol. The van der Waals surface area contributed by atoms with Crippen LogP contribution in [0.3, 0.4) is 0 Å². The highest BCUT2D eigenvalue weighted by Crippen LogP contribution is 2.34. The third-order valence-corrected chi connectivity index (χ3v) is 6.80. The Labute approximate surface area is 169 Å². The number of hydrogen-bond donors (Lipinski definition) is 2. The van der Waals surface area contributed by atoms with Gasteiger partial charge in [0.25, 0.3) is 20.2 Å². The topological polar surface area (TPSA) is 204 Å². The molecule has 2 aromatic rings. The van der Waals surface area contributed by atoms with Gasteiger partial charge in [-0.15, -0.1) is 10.2 Å². The van der Waals surface area contributed by atoms with E-state index in [1.165, 1.54) is 0 Å². The number of benzene rings is 2. The van der Waals surface area contributed by atoms with E-state index in [2.05, 4.69) is 18.6 Å². The molecule has 29 heavy (non-hydrogen) atoms. The lowest BCUT2D eigenvalue weighted by Gasteiger charge is -2.10. The molecule has 0 saturated carbocycles. The Kier molecular flexibility index (Phi) is 6.71. The number of anilines is 2. The summed E-state index contributed by atoms with van der Waals surface area (Å²) in [6.07, 6.45) is 0. The quantitative estimate of drug-likeness (QED) is 0.259. The van der Waals surface area contributed by atoms with Gasteiger partial charge in [0.1, 0.15) is 21.2 Å². The van der Waals surface area contributed by atoms with E-state index in [0.717, 1.165) is 44.6 Å².